The fourth-order valence-electron chi connectivity index (χ4n) is 2.37. The number of aromatic nitrogens is 1. The predicted octanol–water partition coefficient (Wildman–Crippen LogP) is 2.32. The summed E-state index contributed by atoms with van der Waals surface area (Å²) in [6.45, 7) is 4.72. The molecule has 1 aromatic carbocycles. The first-order chi connectivity index (χ1) is 11.7. The van der Waals surface area contributed by atoms with E-state index in [1.54, 1.807) is 0 Å². The average Bonchev–Trinajstić information content (AvgIpc) is 2.97. The number of nitrogens with zero attached hydrogens (tertiary/aromatic N) is 3. The van der Waals surface area contributed by atoms with Gasteiger partial charge < -0.3 is 10.1 Å². The quantitative estimate of drug-likeness (QED) is 0.626. The molecular formula is C15H17N5O2S2. The average molecular weight is 363 g/mol. The minimum atomic E-state index is -0.256. The van der Waals surface area contributed by atoms with Crippen molar-refractivity contribution in [3.63, 3.8) is 0 Å². The molecule has 2 aromatic rings. The van der Waals surface area contributed by atoms with E-state index < -0.39 is 0 Å². The molecule has 0 atom stereocenters. The summed E-state index contributed by atoms with van der Waals surface area (Å²) >= 11 is 2.50. The molecule has 7 nitrogen and oxygen atoms in total. The molecule has 1 aliphatic rings. The van der Waals surface area contributed by atoms with Gasteiger partial charge in [0.1, 0.15) is 5.40 Å². The lowest BCUT2D eigenvalue weighted by atomic mass is 10.3. The monoisotopic (exact) mass is 363 g/mol. The number of urea groups is 1. The summed E-state index contributed by atoms with van der Waals surface area (Å²) in [5, 5.41) is 16.9. The number of benzene rings is 1. The standard InChI is InChI=1S/C15H17N5O2S2/c16-10-23-11-1-2-12-13(9-11)24-15(18-12)19-14(21)17-3-4-20-5-7-22-8-6-20/h1-2,9H,3-8H2,(H2,17,18,19,21). The number of carbonyl (C=O) groups is 1. The lowest BCUT2D eigenvalue weighted by molar-refractivity contribution is 0.0388. The Balaban J connectivity index is 1.50. The number of anilines is 1. The Morgan fingerprint density at radius 2 is 2.29 bits per heavy atom. The van der Waals surface area contributed by atoms with Crippen LogP contribution in [0, 0.1) is 10.7 Å². The van der Waals surface area contributed by atoms with Crippen molar-refractivity contribution >= 4 is 44.5 Å². The molecular weight excluding hydrogens is 346 g/mol. The van der Waals surface area contributed by atoms with Crippen LogP contribution in [0.5, 0.6) is 0 Å². The van der Waals surface area contributed by atoms with Crippen LogP contribution in [0.25, 0.3) is 10.2 Å². The number of ether oxygens (including phenoxy) is 1. The predicted molar refractivity (Wildman–Crippen MR) is 95.4 cm³/mol. The minimum absolute atomic E-state index is 0.256. The van der Waals surface area contributed by atoms with Gasteiger partial charge in [-0.15, -0.1) is 0 Å². The molecule has 24 heavy (non-hydrogen) atoms. The van der Waals surface area contributed by atoms with Crippen LogP contribution in [0.4, 0.5) is 9.93 Å². The van der Waals surface area contributed by atoms with E-state index in [-0.39, 0.29) is 6.03 Å². The summed E-state index contributed by atoms with van der Waals surface area (Å²) in [5.74, 6) is 0. The lowest BCUT2D eigenvalue weighted by Crippen LogP contribution is -2.42. The molecule has 9 heteroatoms. The van der Waals surface area contributed by atoms with E-state index >= 15 is 0 Å². The Morgan fingerprint density at radius 1 is 1.46 bits per heavy atom. The fraction of sp³-hybridized carbons (Fsp3) is 0.400. The number of thioether (sulfide) groups is 1. The van der Waals surface area contributed by atoms with Crippen molar-refractivity contribution in [2.24, 2.45) is 0 Å². The molecule has 1 aliphatic heterocycles. The van der Waals surface area contributed by atoms with Crippen molar-refractivity contribution in [3.05, 3.63) is 18.2 Å². The molecule has 0 saturated carbocycles. The van der Waals surface area contributed by atoms with Crippen LogP contribution >= 0.6 is 23.1 Å². The van der Waals surface area contributed by atoms with Gasteiger partial charge in [0.25, 0.3) is 0 Å². The number of thiocyanates is 1. The number of nitrogens with one attached hydrogen (secondary N) is 2. The highest BCUT2D eigenvalue weighted by atomic mass is 32.2. The van der Waals surface area contributed by atoms with E-state index in [0.29, 0.717) is 11.7 Å². The molecule has 3 rings (SSSR count). The summed E-state index contributed by atoms with van der Waals surface area (Å²) < 4.78 is 6.23. The largest absolute Gasteiger partial charge is 0.379 e. The van der Waals surface area contributed by atoms with Crippen LogP contribution in [0.3, 0.4) is 0 Å². The van der Waals surface area contributed by atoms with Crippen molar-refractivity contribution in [2.45, 2.75) is 4.90 Å². The Hall–Kier alpha value is -1.86. The molecule has 1 saturated heterocycles. The third-order valence-electron chi connectivity index (χ3n) is 3.56. The van der Waals surface area contributed by atoms with Crippen molar-refractivity contribution < 1.29 is 9.53 Å². The second-order valence-corrected chi connectivity index (χ2v) is 7.07. The molecule has 1 aromatic heterocycles. The smallest absolute Gasteiger partial charge is 0.321 e. The van der Waals surface area contributed by atoms with E-state index in [9.17, 15) is 4.79 Å². The molecule has 0 unspecified atom stereocenters. The van der Waals surface area contributed by atoms with Gasteiger partial charge >= 0.3 is 6.03 Å². The highest BCUT2D eigenvalue weighted by Crippen LogP contribution is 2.29. The number of hydrogen-bond donors (Lipinski definition) is 2. The molecule has 1 fully saturated rings. The number of nitriles is 1. The molecule has 2 heterocycles. The zero-order valence-electron chi connectivity index (χ0n) is 12.9. The van der Waals surface area contributed by atoms with Crippen LogP contribution in [-0.2, 0) is 4.74 Å². The zero-order valence-corrected chi connectivity index (χ0v) is 14.6. The van der Waals surface area contributed by atoms with E-state index in [1.807, 2.05) is 23.6 Å². The number of fused-ring (bicyclic) bond motifs is 1. The number of hydrogen-bond acceptors (Lipinski definition) is 7. The van der Waals surface area contributed by atoms with Gasteiger partial charge in [-0.05, 0) is 30.0 Å². The number of carbonyl (C=O) groups excluding carboxylic acids is 1. The Morgan fingerprint density at radius 3 is 3.08 bits per heavy atom. The molecule has 2 N–H and O–H groups in total. The third-order valence-corrected chi connectivity index (χ3v) is 5.08. The molecule has 0 radical (unpaired) electrons. The lowest BCUT2D eigenvalue weighted by Gasteiger charge is -2.26. The van der Waals surface area contributed by atoms with Crippen molar-refractivity contribution in [2.75, 3.05) is 44.7 Å². The summed E-state index contributed by atoms with van der Waals surface area (Å²) in [6, 6.07) is 5.35. The molecule has 2 amide bonds. The molecule has 0 bridgehead atoms. The fourth-order valence-corrected chi connectivity index (χ4v) is 3.76. The van der Waals surface area contributed by atoms with Gasteiger partial charge in [0.15, 0.2) is 5.13 Å². The summed E-state index contributed by atoms with van der Waals surface area (Å²) in [5.41, 5.74) is 0.811. The van der Waals surface area contributed by atoms with Crippen LogP contribution < -0.4 is 10.6 Å². The van der Waals surface area contributed by atoms with Crippen molar-refractivity contribution in [3.8, 4) is 5.40 Å². The van der Waals surface area contributed by atoms with Gasteiger partial charge in [-0.2, -0.15) is 5.26 Å². The van der Waals surface area contributed by atoms with Crippen molar-refractivity contribution in [1.29, 1.82) is 5.26 Å². The molecule has 0 aliphatic carbocycles. The van der Waals surface area contributed by atoms with E-state index in [1.165, 1.54) is 11.3 Å². The van der Waals surface area contributed by atoms with Crippen LogP contribution in [-0.4, -0.2) is 55.3 Å². The Labute approximate surface area is 148 Å². The topological polar surface area (TPSA) is 90.3 Å². The van der Waals surface area contributed by atoms with Gasteiger partial charge in [-0.25, -0.2) is 9.78 Å². The van der Waals surface area contributed by atoms with Gasteiger partial charge in [0.2, 0.25) is 0 Å². The SMILES string of the molecule is N#CSc1ccc2nc(NC(=O)NCCN3CCOCC3)sc2c1. The van der Waals surface area contributed by atoms with Crippen molar-refractivity contribution in [1.82, 2.24) is 15.2 Å². The van der Waals surface area contributed by atoms with E-state index in [4.69, 9.17) is 10.00 Å². The minimum Gasteiger partial charge on any atom is -0.379 e. The Kier molecular flexibility index (Phi) is 5.87. The van der Waals surface area contributed by atoms with Crippen LogP contribution in [0.15, 0.2) is 23.1 Å². The number of amides is 2. The zero-order chi connectivity index (χ0) is 16.8. The molecule has 126 valence electrons. The van der Waals surface area contributed by atoms with Gasteiger partial charge in [0.05, 0.1) is 23.4 Å². The number of rotatable bonds is 5. The van der Waals surface area contributed by atoms with E-state index in [0.717, 1.165) is 59.7 Å². The highest BCUT2D eigenvalue weighted by molar-refractivity contribution is 8.03. The first-order valence-corrected chi connectivity index (χ1v) is 9.19. The summed E-state index contributed by atoms with van der Waals surface area (Å²) in [4.78, 5) is 19.5. The van der Waals surface area contributed by atoms with Gasteiger partial charge in [-0.3, -0.25) is 10.2 Å². The molecule has 0 spiro atoms. The maximum Gasteiger partial charge on any atom is 0.321 e. The van der Waals surface area contributed by atoms with Crippen LogP contribution in [0.1, 0.15) is 0 Å². The van der Waals surface area contributed by atoms with E-state index in [2.05, 4.69) is 20.5 Å². The second kappa shape index (κ2) is 8.30. The normalized spacial score (nSPS) is 15.1. The first kappa shape index (κ1) is 17.0. The number of thiazole rings is 1. The maximum atomic E-state index is 12.0. The highest BCUT2D eigenvalue weighted by Gasteiger charge is 2.11. The second-order valence-electron chi connectivity index (χ2n) is 5.18. The maximum absolute atomic E-state index is 12.0. The van der Waals surface area contributed by atoms with Gasteiger partial charge in [-0.1, -0.05) is 11.3 Å². The third kappa shape index (κ3) is 4.58. The summed E-state index contributed by atoms with van der Waals surface area (Å²) in [7, 11) is 0. The van der Waals surface area contributed by atoms with Crippen LogP contribution in [0.2, 0.25) is 0 Å². The number of morpholine rings is 1. The first-order valence-electron chi connectivity index (χ1n) is 7.56. The Bertz CT molecular complexity index is 752. The van der Waals surface area contributed by atoms with Gasteiger partial charge in [0, 0.05) is 31.1 Å². The summed E-state index contributed by atoms with van der Waals surface area (Å²) in [6.07, 6.45) is 0.